The van der Waals surface area contributed by atoms with Crippen molar-refractivity contribution < 1.29 is 9.90 Å². The quantitative estimate of drug-likeness (QED) is 0.769. The molecular formula is C18H29NO2. The fourth-order valence-electron chi connectivity index (χ4n) is 2.41. The van der Waals surface area contributed by atoms with Crippen molar-refractivity contribution in [3.63, 3.8) is 0 Å². The summed E-state index contributed by atoms with van der Waals surface area (Å²) < 4.78 is 0. The van der Waals surface area contributed by atoms with Gasteiger partial charge in [0.2, 0.25) is 5.91 Å². The molecule has 2 N–H and O–H groups in total. The third kappa shape index (κ3) is 6.30. The van der Waals surface area contributed by atoms with Crippen LogP contribution in [0.3, 0.4) is 0 Å². The third-order valence-electron chi connectivity index (χ3n) is 3.87. The zero-order valence-corrected chi connectivity index (χ0v) is 13.7. The van der Waals surface area contributed by atoms with Gasteiger partial charge in [0.05, 0.1) is 0 Å². The van der Waals surface area contributed by atoms with Crippen molar-refractivity contribution in [2.24, 2.45) is 0 Å². The van der Waals surface area contributed by atoms with E-state index in [9.17, 15) is 4.79 Å². The highest BCUT2D eigenvalue weighted by molar-refractivity contribution is 5.77. The van der Waals surface area contributed by atoms with Crippen LogP contribution in [0.15, 0.2) is 24.3 Å². The van der Waals surface area contributed by atoms with Crippen LogP contribution in [0.1, 0.15) is 69.9 Å². The smallest absolute Gasteiger partial charge is 0.220 e. The first-order valence-corrected chi connectivity index (χ1v) is 7.94. The van der Waals surface area contributed by atoms with Gasteiger partial charge in [-0.1, -0.05) is 45.0 Å². The van der Waals surface area contributed by atoms with E-state index in [1.807, 2.05) is 6.92 Å². The van der Waals surface area contributed by atoms with E-state index in [2.05, 4.69) is 50.4 Å². The second kappa shape index (κ2) is 8.83. The fraction of sp³-hybridized carbons (Fsp3) is 0.611. The van der Waals surface area contributed by atoms with Crippen molar-refractivity contribution in [2.75, 3.05) is 6.61 Å². The summed E-state index contributed by atoms with van der Waals surface area (Å²) in [7, 11) is 0. The lowest BCUT2D eigenvalue weighted by Gasteiger charge is -2.17. The minimum absolute atomic E-state index is 0.0841. The highest BCUT2D eigenvalue weighted by Crippen LogP contribution is 2.22. The number of carbonyl (C=O) groups excluding carboxylic acids is 1. The number of benzene rings is 1. The summed E-state index contributed by atoms with van der Waals surface area (Å²) in [6, 6.07) is 8.68. The topological polar surface area (TPSA) is 49.3 Å². The van der Waals surface area contributed by atoms with Crippen LogP contribution in [-0.2, 0) is 4.79 Å². The molecule has 0 fully saturated rings. The summed E-state index contributed by atoms with van der Waals surface area (Å²) in [5.41, 5.74) is 2.53. The molecule has 1 aromatic rings. The van der Waals surface area contributed by atoms with Gasteiger partial charge in [0.25, 0.3) is 0 Å². The van der Waals surface area contributed by atoms with Crippen LogP contribution in [0.25, 0.3) is 0 Å². The van der Waals surface area contributed by atoms with Gasteiger partial charge in [-0.05, 0) is 42.7 Å². The molecule has 21 heavy (non-hydrogen) atoms. The average Bonchev–Trinajstić information content (AvgIpc) is 2.44. The maximum Gasteiger partial charge on any atom is 0.220 e. The Kier molecular flexibility index (Phi) is 7.44. The van der Waals surface area contributed by atoms with Crippen LogP contribution in [0.4, 0.5) is 0 Å². The monoisotopic (exact) mass is 291 g/mol. The molecule has 0 saturated heterocycles. The van der Waals surface area contributed by atoms with Gasteiger partial charge in [-0.2, -0.15) is 0 Å². The first kappa shape index (κ1) is 17.7. The van der Waals surface area contributed by atoms with E-state index < -0.39 is 0 Å². The van der Waals surface area contributed by atoms with Gasteiger partial charge in [0, 0.05) is 19.1 Å². The minimum atomic E-state index is 0.0841. The molecule has 0 spiro atoms. The predicted octanol–water partition coefficient (Wildman–Crippen LogP) is 3.58. The molecule has 0 aromatic heterocycles. The number of aliphatic hydroxyl groups excluding tert-OH is 1. The van der Waals surface area contributed by atoms with Crippen LogP contribution in [0.2, 0.25) is 0 Å². The summed E-state index contributed by atoms with van der Waals surface area (Å²) in [4.78, 5) is 12.0. The van der Waals surface area contributed by atoms with Gasteiger partial charge in [0.15, 0.2) is 0 Å². The van der Waals surface area contributed by atoms with Crippen molar-refractivity contribution >= 4 is 5.91 Å². The second-order valence-corrected chi connectivity index (χ2v) is 6.26. The molecule has 0 bridgehead atoms. The van der Waals surface area contributed by atoms with E-state index >= 15 is 0 Å². The minimum Gasteiger partial charge on any atom is -0.396 e. The molecular weight excluding hydrogens is 262 g/mol. The number of hydrogen-bond donors (Lipinski definition) is 2. The van der Waals surface area contributed by atoms with Gasteiger partial charge < -0.3 is 10.4 Å². The van der Waals surface area contributed by atoms with Crippen LogP contribution in [0.5, 0.6) is 0 Å². The van der Waals surface area contributed by atoms with E-state index in [0.717, 1.165) is 12.8 Å². The lowest BCUT2D eigenvalue weighted by atomic mass is 9.94. The highest BCUT2D eigenvalue weighted by Gasteiger charge is 2.13. The van der Waals surface area contributed by atoms with Gasteiger partial charge in [-0.15, -0.1) is 0 Å². The number of aliphatic hydroxyl groups is 1. The molecule has 1 amide bonds. The summed E-state index contributed by atoms with van der Waals surface area (Å²) >= 11 is 0. The zero-order chi connectivity index (χ0) is 15.8. The first-order chi connectivity index (χ1) is 9.93. The molecule has 2 atom stereocenters. The Bertz CT molecular complexity index is 425. The predicted molar refractivity (Wildman–Crippen MR) is 87.5 cm³/mol. The van der Waals surface area contributed by atoms with Crippen LogP contribution in [-0.4, -0.2) is 23.7 Å². The molecule has 0 aliphatic heterocycles. The van der Waals surface area contributed by atoms with Gasteiger partial charge in [0.1, 0.15) is 0 Å². The van der Waals surface area contributed by atoms with Crippen molar-refractivity contribution in [2.45, 2.75) is 64.8 Å². The second-order valence-electron chi connectivity index (χ2n) is 6.26. The molecule has 3 heteroatoms. The molecule has 0 radical (unpaired) electrons. The lowest BCUT2D eigenvalue weighted by Crippen LogP contribution is -2.33. The van der Waals surface area contributed by atoms with Crippen LogP contribution in [0, 0.1) is 0 Å². The van der Waals surface area contributed by atoms with E-state index in [-0.39, 0.29) is 24.5 Å². The molecule has 118 valence electrons. The summed E-state index contributed by atoms with van der Waals surface area (Å²) in [6.45, 7) is 8.61. The molecule has 1 aromatic carbocycles. The Morgan fingerprint density at radius 2 is 1.67 bits per heavy atom. The van der Waals surface area contributed by atoms with Crippen LogP contribution < -0.4 is 5.32 Å². The van der Waals surface area contributed by atoms with Gasteiger partial charge in [-0.3, -0.25) is 4.79 Å². The van der Waals surface area contributed by atoms with E-state index in [0.29, 0.717) is 12.3 Å². The number of carbonyl (C=O) groups is 1. The maximum atomic E-state index is 12.0. The summed E-state index contributed by atoms with van der Waals surface area (Å²) in [6.07, 6.45) is 2.05. The molecule has 0 aliphatic carbocycles. The van der Waals surface area contributed by atoms with Crippen LogP contribution >= 0.6 is 0 Å². The molecule has 0 saturated carbocycles. The normalized spacial score (nSPS) is 14.0. The van der Waals surface area contributed by atoms with Crippen molar-refractivity contribution in [3.8, 4) is 0 Å². The van der Waals surface area contributed by atoms with Gasteiger partial charge >= 0.3 is 0 Å². The standard InChI is InChI=1S/C18H29NO2/c1-13(2)16-7-9-17(10-8-16)14(3)12-18(21)19-15(4)6-5-11-20/h7-10,13-15,20H,5-6,11-12H2,1-4H3,(H,19,21). The van der Waals surface area contributed by atoms with Gasteiger partial charge in [-0.25, -0.2) is 0 Å². The van der Waals surface area contributed by atoms with E-state index in [1.165, 1.54) is 11.1 Å². The molecule has 3 nitrogen and oxygen atoms in total. The Labute approximate surface area is 128 Å². The number of amides is 1. The Morgan fingerprint density at radius 3 is 2.19 bits per heavy atom. The Balaban J connectivity index is 2.48. The Hall–Kier alpha value is -1.35. The molecule has 1 rings (SSSR count). The first-order valence-electron chi connectivity index (χ1n) is 7.94. The molecule has 0 heterocycles. The number of hydrogen-bond acceptors (Lipinski definition) is 2. The highest BCUT2D eigenvalue weighted by atomic mass is 16.2. The Morgan fingerprint density at radius 1 is 1.10 bits per heavy atom. The summed E-state index contributed by atoms with van der Waals surface area (Å²) in [5.74, 6) is 0.835. The molecule has 0 aliphatic rings. The lowest BCUT2D eigenvalue weighted by molar-refractivity contribution is -0.122. The van der Waals surface area contributed by atoms with E-state index in [1.54, 1.807) is 0 Å². The third-order valence-corrected chi connectivity index (χ3v) is 3.87. The fourth-order valence-corrected chi connectivity index (χ4v) is 2.41. The molecule has 2 unspecified atom stereocenters. The van der Waals surface area contributed by atoms with Crippen molar-refractivity contribution in [3.05, 3.63) is 35.4 Å². The average molecular weight is 291 g/mol. The number of nitrogens with one attached hydrogen (secondary N) is 1. The van der Waals surface area contributed by atoms with E-state index in [4.69, 9.17) is 5.11 Å². The zero-order valence-electron chi connectivity index (χ0n) is 13.7. The van der Waals surface area contributed by atoms with Crippen molar-refractivity contribution in [1.82, 2.24) is 5.32 Å². The maximum absolute atomic E-state index is 12.0. The number of rotatable bonds is 8. The van der Waals surface area contributed by atoms with Crippen molar-refractivity contribution in [1.29, 1.82) is 0 Å². The SMILES string of the molecule is CC(CCCO)NC(=O)CC(C)c1ccc(C(C)C)cc1. The largest absolute Gasteiger partial charge is 0.396 e. The summed E-state index contributed by atoms with van der Waals surface area (Å²) in [5, 5.41) is 11.8.